The van der Waals surface area contributed by atoms with Crippen LogP contribution in [0.2, 0.25) is 5.02 Å². The van der Waals surface area contributed by atoms with E-state index < -0.39 is 23.5 Å². The molecule has 1 unspecified atom stereocenters. The quantitative estimate of drug-likeness (QED) is 0.897. The molecule has 0 saturated carbocycles. The van der Waals surface area contributed by atoms with Crippen molar-refractivity contribution in [2.75, 3.05) is 16.8 Å². The molecule has 3 rings (SSSR count). The Morgan fingerprint density at radius 3 is 2.68 bits per heavy atom. The lowest BCUT2D eigenvalue weighted by atomic mass is 10.1. The number of halogens is 3. The summed E-state index contributed by atoms with van der Waals surface area (Å²) < 4.78 is 26.6. The monoisotopic (exact) mass is 364 g/mol. The molecule has 130 valence electrons. The molecule has 4 nitrogen and oxygen atoms in total. The molecule has 1 atom stereocenters. The number of carbonyl (C=O) groups is 2. The van der Waals surface area contributed by atoms with E-state index in [0.29, 0.717) is 16.8 Å². The van der Waals surface area contributed by atoms with E-state index in [1.807, 2.05) is 6.92 Å². The van der Waals surface area contributed by atoms with Gasteiger partial charge in [0.2, 0.25) is 11.8 Å². The molecular formula is C18H15ClF2N2O2. The molecule has 0 bridgehead atoms. The zero-order valence-electron chi connectivity index (χ0n) is 13.4. The average Bonchev–Trinajstić information content (AvgIpc) is 2.92. The minimum atomic E-state index is -0.858. The Morgan fingerprint density at radius 2 is 2.00 bits per heavy atom. The average molecular weight is 365 g/mol. The first kappa shape index (κ1) is 17.4. The van der Waals surface area contributed by atoms with Crippen molar-refractivity contribution < 1.29 is 18.4 Å². The Bertz CT molecular complexity index is 857. The van der Waals surface area contributed by atoms with E-state index in [1.165, 1.54) is 4.90 Å². The fourth-order valence-electron chi connectivity index (χ4n) is 2.86. The van der Waals surface area contributed by atoms with Gasteiger partial charge in [-0.15, -0.1) is 0 Å². The molecule has 1 heterocycles. The van der Waals surface area contributed by atoms with Gasteiger partial charge >= 0.3 is 0 Å². The van der Waals surface area contributed by atoms with Crippen molar-refractivity contribution in [3.63, 3.8) is 0 Å². The number of benzene rings is 2. The first-order valence-electron chi connectivity index (χ1n) is 7.67. The predicted molar refractivity (Wildman–Crippen MR) is 91.6 cm³/mol. The molecule has 1 saturated heterocycles. The van der Waals surface area contributed by atoms with Crippen molar-refractivity contribution >= 4 is 34.8 Å². The Kier molecular flexibility index (Phi) is 4.72. The number of nitrogens with one attached hydrogen (secondary N) is 1. The first-order chi connectivity index (χ1) is 11.8. The van der Waals surface area contributed by atoms with E-state index in [2.05, 4.69) is 5.32 Å². The van der Waals surface area contributed by atoms with E-state index in [-0.39, 0.29) is 24.6 Å². The third kappa shape index (κ3) is 3.64. The van der Waals surface area contributed by atoms with Crippen LogP contribution >= 0.6 is 11.6 Å². The van der Waals surface area contributed by atoms with Crippen LogP contribution < -0.4 is 10.2 Å². The smallest absolute Gasteiger partial charge is 0.229 e. The molecule has 1 fully saturated rings. The maximum absolute atomic E-state index is 13.7. The second-order valence-corrected chi connectivity index (χ2v) is 6.39. The summed E-state index contributed by atoms with van der Waals surface area (Å²) in [6, 6.07) is 8.06. The van der Waals surface area contributed by atoms with E-state index in [0.717, 1.165) is 17.7 Å². The SMILES string of the molecule is Cc1cc(Cl)ccc1N1CC(C(=O)Nc2ccc(F)cc2F)CC1=O. The van der Waals surface area contributed by atoms with Crippen molar-refractivity contribution in [3.8, 4) is 0 Å². The van der Waals surface area contributed by atoms with Crippen LogP contribution in [0.4, 0.5) is 20.2 Å². The standard InChI is InChI=1S/C18H15ClF2N2O2/c1-10-6-12(19)2-5-16(10)23-9-11(7-17(23)24)18(25)22-15-4-3-13(20)8-14(15)21/h2-6,8,11H,7,9H2,1H3,(H,22,25). The number of aryl methyl sites for hydroxylation is 1. The van der Waals surface area contributed by atoms with Gasteiger partial charge in [-0.25, -0.2) is 8.78 Å². The van der Waals surface area contributed by atoms with Gasteiger partial charge in [-0.05, 0) is 42.8 Å². The molecule has 0 aromatic heterocycles. The van der Waals surface area contributed by atoms with Crippen LogP contribution in [0.1, 0.15) is 12.0 Å². The first-order valence-corrected chi connectivity index (χ1v) is 8.05. The van der Waals surface area contributed by atoms with Crippen LogP contribution in [-0.4, -0.2) is 18.4 Å². The van der Waals surface area contributed by atoms with Gasteiger partial charge in [0.05, 0.1) is 11.6 Å². The van der Waals surface area contributed by atoms with Crippen molar-refractivity contribution in [2.24, 2.45) is 5.92 Å². The van der Waals surface area contributed by atoms with Gasteiger partial charge in [0.15, 0.2) is 0 Å². The summed E-state index contributed by atoms with van der Waals surface area (Å²) in [5.74, 6) is -2.87. The normalized spacial score (nSPS) is 17.0. The Balaban J connectivity index is 1.74. The maximum Gasteiger partial charge on any atom is 0.229 e. The zero-order chi connectivity index (χ0) is 18.1. The highest BCUT2D eigenvalue weighted by molar-refractivity contribution is 6.30. The van der Waals surface area contributed by atoms with Gasteiger partial charge in [0.25, 0.3) is 0 Å². The Labute approximate surface area is 148 Å². The summed E-state index contributed by atoms with van der Waals surface area (Å²) in [7, 11) is 0. The number of hydrogen-bond acceptors (Lipinski definition) is 2. The van der Waals surface area contributed by atoms with Gasteiger partial charge in [0, 0.05) is 29.7 Å². The van der Waals surface area contributed by atoms with Gasteiger partial charge in [-0.2, -0.15) is 0 Å². The van der Waals surface area contributed by atoms with Gasteiger partial charge in [-0.3, -0.25) is 9.59 Å². The summed E-state index contributed by atoms with van der Waals surface area (Å²) in [6.45, 7) is 2.02. The summed E-state index contributed by atoms with van der Waals surface area (Å²) >= 11 is 5.93. The third-order valence-electron chi connectivity index (χ3n) is 4.13. The number of hydrogen-bond donors (Lipinski definition) is 1. The summed E-state index contributed by atoms with van der Waals surface area (Å²) in [6.07, 6.45) is 0.0245. The number of carbonyl (C=O) groups excluding carboxylic acids is 2. The molecule has 0 radical (unpaired) electrons. The molecule has 25 heavy (non-hydrogen) atoms. The Hall–Kier alpha value is -2.47. The molecule has 1 aliphatic heterocycles. The molecule has 0 spiro atoms. The van der Waals surface area contributed by atoms with Crippen LogP contribution in [0.25, 0.3) is 0 Å². The predicted octanol–water partition coefficient (Wildman–Crippen LogP) is 3.92. The van der Waals surface area contributed by atoms with E-state index in [4.69, 9.17) is 11.6 Å². The number of amides is 2. The zero-order valence-corrected chi connectivity index (χ0v) is 14.1. The van der Waals surface area contributed by atoms with E-state index in [9.17, 15) is 18.4 Å². The molecule has 7 heteroatoms. The van der Waals surface area contributed by atoms with Crippen molar-refractivity contribution in [1.29, 1.82) is 0 Å². The van der Waals surface area contributed by atoms with Crippen molar-refractivity contribution in [2.45, 2.75) is 13.3 Å². The second-order valence-electron chi connectivity index (χ2n) is 5.95. The largest absolute Gasteiger partial charge is 0.323 e. The number of rotatable bonds is 3. The lowest BCUT2D eigenvalue weighted by Gasteiger charge is -2.19. The third-order valence-corrected chi connectivity index (χ3v) is 4.37. The molecular weight excluding hydrogens is 350 g/mol. The fraction of sp³-hybridized carbons (Fsp3) is 0.222. The number of anilines is 2. The second kappa shape index (κ2) is 6.80. The molecule has 2 aromatic rings. The molecule has 0 aliphatic carbocycles. The fourth-order valence-corrected chi connectivity index (χ4v) is 3.09. The van der Waals surface area contributed by atoms with Crippen LogP contribution in [0.15, 0.2) is 36.4 Å². The number of nitrogens with zero attached hydrogens (tertiary/aromatic N) is 1. The summed E-state index contributed by atoms with van der Waals surface area (Å²) in [5, 5.41) is 2.98. The van der Waals surface area contributed by atoms with Crippen LogP contribution in [0, 0.1) is 24.5 Å². The highest BCUT2D eigenvalue weighted by Crippen LogP contribution is 2.30. The summed E-state index contributed by atoms with van der Waals surface area (Å²) in [5.41, 5.74) is 1.41. The highest BCUT2D eigenvalue weighted by atomic mass is 35.5. The van der Waals surface area contributed by atoms with Gasteiger partial charge in [0.1, 0.15) is 11.6 Å². The van der Waals surface area contributed by atoms with Crippen molar-refractivity contribution in [1.82, 2.24) is 0 Å². The van der Waals surface area contributed by atoms with Crippen LogP contribution in [0.3, 0.4) is 0 Å². The van der Waals surface area contributed by atoms with Gasteiger partial charge < -0.3 is 10.2 Å². The molecule has 1 N–H and O–H groups in total. The molecule has 2 amide bonds. The van der Waals surface area contributed by atoms with Crippen LogP contribution in [-0.2, 0) is 9.59 Å². The lowest BCUT2D eigenvalue weighted by Crippen LogP contribution is -2.28. The van der Waals surface area contributed by atoms with Crippen molar-refractivity contribution in [3.05, 3.63) is 58.6 Å². The van der Waals surface area contributed by atoms with Crippen LogP contribution in [0.5, 0.6) is 0 Å². The van der Waals surface area contributed by atoms with Gasteiger partial charge in [-0.1, -0.05) is 11.6 Å². The lowest BCUT2D eigenvalue weighted by molar-refractivity contribution is -0.122. The minimum Gasteiger partial charge on any atom is -0.323 e. The van der Waals surface area contributed by atoms with E-state index >= 15 is 0 Å². The molecule has 1 aliphatic rings. The minimum absolute atomic E-state index is 0.0245. The topological polar surface area (TPSA) is 49.4 Å². The maximum atomic E-state index is 13.7. The van der Waals surface area contributed by atoms with E-state index in [1.54, 1.807) is 18.2 Å². The summed E-state index contributed by atoms with van der Waals surface area (Å²) in [4.78, 5) is 26.1. The Morgan fingerprint density at radius 1 is 1.24 bits per heavy atom. The molecule has 2 aromatic carbocycles. The highest BCUT2D eigenvalue weighted by Gasteiger charge is 2.35.